The fourth-order valence-electron chi connectivity index (χ4n) is 2.96. The van der Waals surface area contributed by atoms with Crippen LogP contribution in [0, 0.1) is 0 Å². The highest BCUT2D eigenvalue weighted by Crippen LogP contribution is 2.30. The molecule has 24 heavy (non-hydrogen) atoms. The summed E-state index contributed by atoms with van der Waals surface area (Å²) < 4.78 is 7.17. The van der Waals surface area contributed by atoms with E-state index in [4.69, 9.17) is 4.74 Å². The summed E-state index contributed by atoms with van der Waals surface area (Å²) in [6, 6.07) is 2.08. The van der Waals surface area contributed by atoms with E-state index in [1.54, 1.807) is 24.2 Å². The molecule has 0 unspecified atom stereocenters. The van der Waals surface area contributed by atoms with Crippen molar-refractivity contribution in [3.63, 3.8) is 0 Å². The molecule has 0 atom stereocenters. The second-order valence-corrected chi connectivity index (χ2v) is 6.00. The Morgan fingerprint density at radius 2 is 2.08 bits per heavy atom. The lowest BCUT2D eigenvalue weighted by molar-refractivity contribution is 0.307. The van der Waals surface area contributed by atoms with Crippen LogP contribution in [-0.2, 0) is 20.0 Å². The van der Waals surface area contributed by atoms with Gasteiger partial charge in [0.25, 0.3) is 0 Å². The van der Waals surface area contributed by atoms with Gasteiger partial charge in [-0.3, -0.25) is 4.68 Å². The molecule has 1 N–H and O–H groups in total. The van der Waals surface area contributed by atoms with Gasteiger partial charge in [0.05, 0.1) is 24.4 Å². The number of likely N-dealkylation sites (N-methyl/N-ethyl adjacent to an activating group) is 1. The molecular formula is C16H19N7O. The van der Waals surface area contributed by atoms with E-state index in [0.29, 0.717) is 11.8 Å². The Morgan fingerprint density at radius 3 is 2.92 bits per heavy atom. The smallest absolute Gasteiger partial charge is 0.237 e. The van der Waals surface area contributed by atoms with Crippen LogP contribution in [0.3, 0.4) is 0 Å². The standard InChI is InChI=1S/C16H19N7O/c1-22-5-4-12-10(9-22)6-13(15(19-12)24-3)20-16-17-7-11-8-18-23(2)14(11)21-16/h6-8H,4-5,9H2,1-3H3,(H,17,20,21). The van der Waals surface area contributed by atoms with E-state index >= 15 is 0 Å². The molecule has 0 bridgehead atoms. The summed E-state index contributed by atoms with van der Waals surface area (Å²) in [5.74, 6) is 1.06. The summed E-state index contributed by atoms with van der Waals surface area (Å²) in [5.41, 5.74) is 3.84. The molecule has 3 aromatic rings. The minimum atomic E-state index is 0.496. The minimum Gasteiger partial charge on any atom is -0.480 e. The maximum Gasteiger partial charge on any atom is 0.237 e. The van der Waals surface area contributed by atoms with Gasteiger partial charge in [0.15, 0.2) is 5.65 Å². The molecule has 8 nitrogen and oxygen atoms in total. The van der Waals surface area contributed by atoms with E-state index in [1.165, 1.54) is 5.56 Å². The Morgan fingerprint density at radius 1 is 1.21 bits per heavy atom. The van der Waals surface area contributed by atoms with Gasteiger partial charge >= 0.3 is 0 Å². The Kier molecular flexibility index (Phi) is 3.53. The number of rotatable bonds is 3. The van der Waals surface area contributed by atoms with Crippen LogP contribution in [0.2, 0.25) is 0 Å². The highest BCUT2D eigenvalue weighted by atomic mass is 16.5. The molecule has 4 rings (SSSR count). The van der Waals surface area contributed by atoms with Crippen LogP contribution in [0.15, 0.2) is 18.5 Å². The quantitative estimate of drug-likeness (QED) is 0.781. The van der Waals surface area contributed by atoms with Gasteiger partial charge in [-0.25, -0.2) is 9.97 Å². The van der Waals surface area contributed by atoms with Crippen LogP contribution in [0.1, 0.15) is 11.3 Å². The number of hydrogen-bond acceptors (Lipinski definition) is 7. The number of pyridine rings is 1. The molecule has 0 spiro atoms. The third-order valence-electron chi connectivity index (χ3n) is 4.24. The lowest BCUT2D eigenvalue weighted by Gasteiger charge is -2.25. The molecule has 1 aliphatic heterocycles. The van der Waals surface area contributed by atoms with E-state index in [0.717, 1.165) is 41.9 Å². The van der Waals surface area contributed by atoms with Crippen LogP contribution >= 0.6 is 0 Å². The summed E-state index contributed by atoms with van der Waals surface area (Å²) in [6.07, 6.45) is 4.43. The number of fused-ring (bicyclic) bond motifs is 2. The molecule has 0 saturated carbocycles. The lowest BCUT2D eigenvalue weighted by atomic mass is 10.1. The Hall–Kier alpha value is -2.74. The zero-order valence-electron chi connectivity index (χ0n) is 13.9. The van der Waals surface area contributed by atoms with Gasteiger partial charge in [0.2, 0.25) is 11.8 Å². The zero-order chi connectivity index (χ0) is 16.7. The summed E-state index contributed by atoms with van der Waals surface area (Å²) in [5, 5.41) is 8.32. The first-order valence-electron chi connectivity index (χ1n) is 7.81. The van der Waals surface area contributed by atoms with Crippen molar-refractivity contribution in [1.82, 2.24) is 29.6 Å². The average Bonchev–Trinajstić information content (AvgIpc) is 2.95. The molecule has 0 aromatic carbocycles. The fourth-order valence-corrected chi connectivity index (χ4v) is 2.96. The summed E-state index contributed by atoms with van der Waals surface area (Å²) in [4.78, 5) is 15.8. The highest BCUT2D eigenvalue weighted by molar-refractivity contribution is 5.75. The summed E-state index contributed by atoms with van der Waals surface area (Å²) >= 11 is 0. The first kappa shape index (κ1) is 14.8. The van der Waals surface area contributed by atoms with Crippen molar-refractivity contribution < 1.29 is 4.74 Å². The third kappa shape index (κ3) is 2.54. The van der Waals surface area contributed by atoms with Crippen LogP contribution in [0.5, 0.6) is 5.88 Å². The SMILES string of the molecule is COc1nc2c(cc1Nc1ncc3cnn(C)c3n1)CN(C)CC2. The van der Waals surface area contributed by atoms with Gasteiger partial charge in [0.1, 0.15) is 5.69 Å². The van der Waals surface area contributed by atoms with Gasteiger partial charge in [-0.1, -0.05) is 0 Å². The molecule has 3 aromatic heterocycles. The first-order chi connectivity index (χ1) is 11.6. The van der Waals surface area contributed by atoms with Crippen molar-refractivity contribution >= 4 is 22.7 Å². The molecular weight excluding hydrogens is 306 g/mol. The van der Waals surface area contributed by atoms with Gasteiger partial charge in [-0.15, -0.1) is 0 Å². The van der Waals surface area contributed by atoms with E-state index in [9.17, 15) is 0 Å². The summed E-state index contributed by atoms with van der Waals surface area (Å²) in [7, 11) is 5.59. The van der Waals surface area contributed by atoms with Crippen LogP contribution in [0.25, 0.3) is 11.0 Å². The minimum absolute atomic E-state index is 0.496. The zero-order valence-corrected chi connectivity index (χ0v) is 13.9. The van der Waals surface area contributed by atoms with Crippen molar-refractivity contribution in [3.8, 4) is 5.88 Å². The molecule has 4 heterocycles. The molecule has 8 heteroatoms. The Labute approximate surface area is 139 Å². The molecule has 0 fully saturated rings. The predicted molar refractivity (Wildman–Crippen MR) is 90.4 cm³/mol. The number of methoxy groups -OCH3 is 1. The van der Waals surface area contributed by atoms with E-state index < -0.39 is 0 Å². The second-order valence-electron chi connectivity index (χ2n) is 6.00. The predicted octanol–water partition coefficient (Wildman–Crippen LogP) is 1.50. The maximum atomic E-state index is 5.45. The van der Waals surface area contributed by atoms with Crippen molar-refractivity contribution in [2.75, 3.05) is 26.0 Å². The van der Waals surface area contributed by atoms with Gasteiger partial charge < -0.3 is 15.0 Å². The van der Waals surface area contributed by atoms with Crippen molar-refractivity contribution in [2.24, 2.45) is 7.05 Å². The number of aryl methyl sites for hydroxylation is 1. The van der Waals surface area contributed by atoms with Crippen LogP contribution in [0.4, 0.5) is 11.6 Å². The number of nitrogens with zero attached hydrogens (tertiary/aromatic N) is 6. The maximum absolute atomic E-state index is 5.45. The van der Waals surface area contributed by atoms with Crippen LogP contribution in [-0.4, -0.2) is 50.3 Å². The largest absolute Gasteiger partial charge is 0.480 e. The topological polar surface area (TPSA) is 81.0 Å². The Balaban J connectivity index is 1.71. The highest BCUT2D eigenvalue weighted by Gasteiger charge is 2.19. The first-order valence-corrected chi connectivity index (χ1v) is 7.81. The Bertz CT molecular complexity index is 905. The molecule has 0 radical (unpaired) electrons. The van der Waals surface area contributed by atoms with Gasteiger partial charge in [-0.2, -0.15) is 10.1 Å². The monoisotopic (exact) mass is 325 g/mol. The number of hydrogen-bond donors (Lipinski definition) is 1. The van der Waals surface area contributed by atoms with Crippen molar-refractivity contribution in [1.29, 1.82) is 0 Å². The molecule has 124 valence electrons. The van der Waals surface area contributed by atoms with E-state index in [1.807, 2.05) is 7.05 Å². The second kappa shape index (κ2) is 5.72. The fraction of sp³-hybridized carbons (Fsp3) is 0.375. The number of nitrogens with one attached hydrogen (secondary N) is 1. The molecule has 0 saturated heterocycles. The van der Waals surface area contributed by atoms with E-state index in [2.05, 4.69) is 43.4 Å². The normalized spacial score (nSPS) is 14.6. The third-order valence-corrected chi connectivity index (χ3v) is 4.24. The summed E-state index contributed by atoms with van der Waals surface area (Å²) in [6.45, 7) is 1.89. The molecule has 1 aliphatic rings. The van der Waals surface area contributed by atoms with Gasteiger partial charge in [-0.05, 0) is 18.7 Å². The number of ether oxygens (including phenoxy) is 1. The van der Waals surface area contributed by atoms with E-state index in [-0.39, 0.29) is 0 Å². The lowest BCUT2D eigenvalue weighted by Crippen LogP contribution is -2.27. The molecule has 0 amide bonds. The van der Waals surface area contributed by atoms with Crippen LogP contribution < -0.4 is 10.1 Å². The van der Waals surface area contributed by atoms with Gasteiger partial charge in [0, 0.05) is 32.8 Å². The van der Waals surface area contributed by atoms with Crippen molar-refractivity contribution in [3.05, 3.63) is 29.7 Å². The number of anilines is 2. The molecule has 0 aliphatic carbocycles. The van der Waals surface area contributed by atoms with Crippen molar-refractivity contribution in [2.45, 2.75) is 13.0 Å². The number of aromatic nitrogens is 5. The average molecular weight is 325 g/mol.